The molecule has 0 radical (unpaired) electrons. The van der Waals surface area contributed by atoms with Crippen molar-refractivity contribution in [3.63, 3.8) is 0 Å². The van der Waals surface area contributed by atoms with E-state index in [-0.39, 0.29) is 17.3 Å². The van der Waals surface area contributed by atoms with Gasteiger partial charge in [-0.05, 0) is 29.9 Å². The lowest BCUT2D eigenvalue weighted by Gasteiger charge is -2.25. The summed E-state index contributed by atoms with van der Waals surface area (Å²) in [6.07, 6.45) is 1.49. The van der Waals surface area contributed by atoms with E-state index in [0.29, 0.717) is 42.5 Å². The second kappa shape index (κ2) is 6.50. The van der Waals surface area contributed by atoms with E-state index in [4.69, 9.17) is 4.74 Å². The van der Waals surface area contributed by atoms with Crippen LogP contribution in [0, 0.1) is 10.1 Å². The number of nitrogens with zero attached hydrogens (tertiary/aromatic N) is 1. The summed E-state index contributed by atoms with van der Waals surface area (Å²) in [5, 5.41) is 13.4. The Morgan fingerprint density at radius 3 is 2.81 bits per heavy atom. The van der Waals surface area contributed by atoms with Crippen LogP contribution in [-0.2, 0) is 24.2 Å². The summed E-state index contributed by atoms with van der Waals surface area (Å²) < 4.78 is 5.96. The minimum absolute atomic E-state index is 0.0353. The monoisotopic (exact) mass is 373 g/mol. The molecule has 1 unspecified atom stereocenters. The van der Waals surface area contributed by atoms with Gasteiger partial charge in [0.15, 0.2) is 0 Å². The highest BCUT2D eigenvalue weighted by Gasteiger charge is 2.29. The van der Waals surface area contributed by atoms with Gasteiger partial charge in [-0.3, -0.25) is 19.7 Å². The summed E-state index contributed by atoms with van der Waals surface area (Å²) in [7, 11) is 0. The Hall–Kier alpha value is -2.78. The van der Waals surface area contributed by atoms with Gasteiger partial charge in [0.25, 0.3) is 5.69 Å². The molecule has 0 saturated carbocycles. The fourth-order valence-electron chi connectivity index (χ4n) is 3.39. The number of nitrogens with one attached hydrogen (secondary N) is 2. The summed E-state index contributed by atoms with van der Waals surface area (Å²) in [5.74, 6) is 0. The standard InChI is InChI=1S/C17H15N3O5S/c21-16-17(22)19-15-12-6-9(25-8-10-2-1-5-26-10)3-4-11(12)14(20(23)24)7-13(15)18-16/h1-2,5,7,9H,3-4,6,8H2,(H,18,21)(H,19,22). The second-order valence-corrected chi connectivity index (χ2v) is 7.23. The maximum atomic E-state index is 11.7. The first-order chi connectivity index (χ1) is 12.5. The Kier molecular flexibility index (Phi) is 4.17. The summed E-state index contributed by atoms with van der Waals surface area (Å²) in [6.45, 7) is 0.484. The number of rotatable bonds is 4. The fraction of sp³-hybridized carbons (Fsp3) is 0.294. The van der Waals surface area contributed by atoms with Crippen LogP contribution in [0.1, 0.15) is 22.4 Å². The van der Waals surface area contributed by atoms with Crippen LogP contribution in [0.2, 0.25) is 0 Å². The molecule has 1 aromatic carbocycles. The quantitative estimate of drug-likeness (QED) is 0.413. The van der Waals surface area contributed by atoms with Crippen LogP contribution in [0.5, 0.6) is 0 Å². The number of nitro benzene ring substituents is 1. The summed E-state index contributed by atoms with van der Waals surface area (Å²) >= 11 is 1.61. The lowest BCUT2D eigenvalue weighted by molar-refractivity contribution is -0.385. The number of H-pyrrole nitrogens is 2. The summed E-state index contributed by atoms with van der Waals surface area (Å²) in [5.41, 5.74) is 0.347. The Balaban J connectivity index is 1.75. The normalized spacial score (nSPS) is 16.5. The number of hydrogen-bond donors (Lipinski definition) is 2. The van der Waals surface area contributed by atoms with Crippen LogP contribution in [0.3, 0.4) is 0 Å². The SMILES string of the molecule is O=c1[nH]c2cc([N+](=O)[O-])c3c(c2[nH]c1=O)CC(OCc1cccs1)CC3. The highest BCUT2D eigenvalue weighted by atomic mass is 32.1. The molecule has 26 heavy (non-hydrogen) atoms. The van der Waals surface area contributed by atoms with Crippen LogP contribution in [-0.4, -0.2) is 21.0 Å². The molecule has 3 aromatic rings. The first kappa shape index (κ1) is 16.7. The number of nitro groups is 1. The molecule has 0 fully saturated rings. The van der Waals surface area contributed by atoms with Crippen LogP contribution >= 0.6 is 11.3 Å². The minimum atomic E-state index is -0.826. The van der Waals surface area contributed by atoms with E-state index in [1.54, 1.807) is 11.3 Å². The number of aromatic nitrogens is 2. The van der Waals surface area contributed by atoms with Crippen LogP contribution < -0.4 is 11.1 Å². The second-order valence-electron chi connectivity index (χ2n) is 6.20. The molecular weight excluding hydrogens is 358 g/mol. The van der Waals surface area contributed by atoms with Crippen molar-refractivity contribution in [2.45, 2.75) is 32.0 Å². The molecule has 0 amide bonds. The van der Waals surface area contributed by atoms with Gasteiger partial charge in [-0.15, -0.1) is 11.3 Å². The van der Waals surface area contributed by atoms with Crippen LogP contribution in [0.25, 0.3) is 11.0 Å². The van der Waals surface area contributed by atoms with Crippen molar-refractivity contribution < 1.29 is 9.66 Å². The molecule has 0 aliphatic heterocycles. The molecule has 4 rings (SSSR count). The van der Waals surface area contributed by atoms with E-state index >= 15 is 0 Å². The average molecular weight is 373 g/mol. The maximum Gasteiger partial charge on any atom is 0.314 e. The number of benzene rings is 1. The molecule has 2 aromatic heterocycles. The van der Waals surface area contributed by atoms with Crippen molar-refractivity contribution >= 4 is 28.1 Å². The van der Waals surface area contributed by atoms with E-state index in [0.717, 1.165) is 4.88 Å². The molecular formula is C17H15N3O5S. The topological polar surface area (TPSA) is 118 Å². The number of ether oxygens (including phenoxy) is 1. The maximum absolute atomic E-state index is 11.7. The Labute approximate surface area is 150 Å². The van der Waals surface area contributed by atoms with E-state index < -0.39 is 16.0 Å². The zero-order valence-electron chi connectivity index (χ0n) is 13.6. The van der Waals surface area contributed by atoms with Crippen molar-refractivity contribution in [1.82, 2.24) is 9.97 Å². The number of hydrogen-bond acceptors (Lipinski definition) is 6. The molecule has 8 nitrogen and oxygen atoms in total. The average Bonchev–Trinajstić information content (AvgIpc) is 3.14. The highest BCUT2D eigenvalue weighted by molar-refractivity contribution is 7.09. The first-order valence-electron chi connectivity index (χ1n) is 8.12. The molecule has 0 spiro atoms. The van der Waals surface area contributed by atoms with Crippen molar-refractivity contribution in [3.8, 4) is 0 Å². The zero-order chi connectivity index (χ0) is 18.3. The van der Waals surface area contributed by atoms with Crippen molar-refractivity contribution in [3.05, 3.63) is 70.4 Å². The summed E-state index contributed by atoms with van der Waals surface area (Å²) in [4.78, 5) is 40.4. The third-order valence-electron chi connectivity index (χ3n) is 4.60. The molecule has 0 saturated heterocycles. The molecule has 0 bridgehead atoms. The third-order valence-corrected chi connectivity index (χ3v) is 5.45. The van der Waals surface area contributed by atoms with E-state index in [1.807, 2.05) is 17.5 Å². The van der Waals surface area contributed by atoms with Gasteiger partial charge in [0.2, 0.25) is 0 Å². The largest absolute Gasteiger partial charge is 0.372 e. The predicted molar refractivity (Wildman–Crippen MR) is 96.8 cm³/mol. The number of aromatic amines is 2. The number of thiophene rings is 1. The van der Waals surface area contributed by atoms with Gasteiger partial charge in [-0.1, -0.05) is 6.07 Å². The van der Waals surface area contributed by atoms with Crippen LogP contribution in [0.4, 0.5) is 5.69 Å². The molecule has 134 valence electrons. The van der Waals surface area contributed by atoms with Gasteiger partial charge in [-0.2, -0.15) is 0 Å². The molecule has 2 N–H and O–H groups in total. The van der Waals surface area contributed by atoms with Gasteiger partial charge in [0, 0.05) is 22.9 Å². The van der Waals surface area contributed by atoms with E-state index in [9.17, 15) is 19.7 Å². The van der Waals surface area contributed by atoms with Crippen molar-refractivity contribution in [1.29, 1.82) is 0 Å². The lowest BCUT2D eigenvalue weighted by Crippen LogP contribution is -2.30. The Morgan fingerprint density at radius 2 is 2.08 bits per heavy atom. The van der Waals surface area contributed by atoms with Crippen LogP contribution in [0.15, 0.2) is 33.2 Å². The molecule has 9 heteroatoms. The Bertz CT molecular complexity index is 1100. The van der Waals surface area contributed by atoms with E-state index in [1.165, 1.54) is 6.07 Å². The third kappa shape index (κ3) is 2.95. The molecule has 1 atom stereocenters. The van der Waals surface area contributed by atoms with Gasteiger partial charge in [0.05, 0.1) is 28.7 Å². The predicted octanol–water partition coefficient (Wildman–Crippen LogP) is 2.26. The van der Waals surface area contributed by atoms with Crippen molar-refractivity contribution in [2.24, 2.45) is 0 Å². The van der Waals surface area contributed by atoms with Gasteiger partial charge in [0.1, 0.15) is 0 Å². The van der Waals surface area contributed by atoms with Gasteiger partial charge >= 0.3 is 11.1 Å². The zero-order valence-corrected chi connectivity index (χ0v) is 14.4. The van der Waals surface area contributed by atoms with Gasteiger partial charge < -0.3 is 14.7 Å². The van der Waals surface area contributed by atoms with Gasteiger partial charge in [-0.25, -0.2) is 0 Å². The highest BCUT2D eigenvalue weighted by Crippen LogP contribution is 2.35. The molecule has 1 aliphatic rings. The number of fused-ring (bicyclic) bond motifs is 3. The Morgan fingerprint density at radius 1 is 1.27 bits per heavy atom. The first-order valence-corrected chi connectivity index (χ1v) is 9.00. The van der Waals surface area contributed by atoms with Crippen molar-refractivity contribution in [2.75, 3.05) is 0 Å². The smallest absolute Gasteiger partial charge is 0.314 e. The molecule has 2 heterocycles. The summed E-state index contributed by atoms with van der Waals surface area (Å²) in [6, 6.07) is 5.26. The lowest BCUT2D eigenvalue weighted by atomic mass is 9.87. The molecule has 1 aliphatic carbocycles. The van der Waals surface area contributed by atoms with E-state index in [2.05, 4.69) is 9.97 Å². The minimum Gasteiger partial charge on any atom is -0.372 e. The fourth-order valence-corrected chi connectivity index (χ4v) is 4.02.